The molecule has 0 saturated carbocycles. The summed E-state index contributed by atoms with van der Waals surface area (Å²) in [5.74, 6) is 1.35. The van der Waals surface area contributed by atoms with Gasteiger partial charge in [0.15, 0.2) is 0 Å². The summed E-state index contributed by atoms with van der Waals surface area (Å²) >= 11 is 0. The number of benzene rings is 1. The third-order valence-electron chi connectivity index (χ3n) is 4.81. The van der Waals surface area contributed by atoms with E-state index >= 15 is 0 Å². The lowest BCUT2D eigenvalue weighted by Gasteiger charge is -2.37. The normalized spacial score (nSPS) is 29.3. The fraction of sp³-hybridized carbons (Fsp3) is 0.588. The Hall–Kier alpha value is -1.41. The van der Waals surface area contributed by atoms with Crippen molar-refractivity contribution in [1.29, 1.82) is 5.26 Å². The number of nitrogens with zero attached hydrogens (tertiary/aromatic N) is 3. The molecule has 0 aromatic heterocycles. The van der Waals surface area contributed by atoms with Crippen molar-refractivity contribution in [3.63, 3.8) is 0 Å². The second-order valence-corrected chi connectivity index (χ2v) is 6.50. The van der Waals surface area contributed by atoms with E-state index in [-0.39, 0.29) is 0 Å². The van der Waals surface area contributed by atoms with Gasteiger partial charge < -0.3 is 9.64 Å². The van der Waals surface area contributed by atoms with Crippen molar-refractivity contribution in [1.82, 2.24) is 9.80 Å². The summed E-state index contributed by atoms with van der Waals surface area (Å²) in [5.41, 5.74) is 1.98. The molecule has 0 radical (unpaired) electrons. The first kappa shape index (κ1) is 14.5. The van der Waals surface area contributed by atoms with Crippen molar-refractivity contribution >= 4 is 0 Å². The van der Waals surface area contributed by atoms with Crippen LogP contribution in [0.5, 0.6) is 0 Å². The van der Waals surface area contributed by atoms with Crippen LogP contribution in [-0.2, 0) is 11.3 Å². The molecule has 112 valence electrons. The Morgan fingerprint density at radius 3 is 2.95 bits per heavy atom. The molecule has 2 aliphatic heterocycles. The van der Waals surface area contributed by atoms with Crippen LogP contribution in [0.4, 0.5) is 0 Å². The van der Waals surface area contributed by atoms with Crippen molar-refractivity contribution in [2.24, 2.45) is 11.8 Å². The van der Waals surface area contributed by atoms with Gasteiger partial charge in [-0.3, -0.25) is 4.90 Å². The first-order valence-electron chi connectivity index (χ1n) is 7.63. The van der Waals surface area contributed by atoms with E-state index in [1.807, 2.05) is 18.2 Å². The number of hydrogen-bond acceptors (Lipinski definition) is 4. The molecule has 4 heteroatoms. The van der Waals surface area contributed by atoms with Gasteiger partial charge in [-0.15, -0.1) is 0 Å². The molecule has 2 saturated heterocycles. The lowest BCUT2D eigenvalue weighted by Crippen LogP contribution is -2.47. The zero-order valence-electron chi connectivity index (χ0n) is 12.8. The van der Waals surface area contributed by atoms with E-state index in [1.54, 1.807) is 0 Å². The molecular formula is C17H23N3O. The summed E-state index contributed by atoms with van der Waals surface area (Å²) in [7, 11) is 4.30. The van der Waals surface area contributed by atoms with E-state index in [4.69, 9.17) is 10.00 Å². The summed E-state index contributed by atoms with van der Waals surface area (Å²) in [6.07, 6.45) is 0. The van der Waals surface area contributed by atoms with E-state index in [1.165, 1.54) is 5.56 Å². The van der Waals surface area contributed by atoms with Gasteiger partial charge >= 0.3 is 0 Å². The minimum Gasteiger partial charge on any atom is -0.379 e. The zero-order chi connectivity index (χ0) is 14.8. The van der Waals surface area contributed by atoms with Gasteiger partial charge in [-0.1, -0.05) is 12.1 Å². The van der Waals surface area contributed by atoms with E-state index in [2.05, 4.69) is 36.0 Å². The van der Waals surface area contributed by atoms with E-state index < -0.39 is 0 Å². The Balaban J connectivity index is 1.67. The SMILES string of the molecule is CN(C)[C@@H]1COC[C@@H]2CN(Cc3cccc(C#N)c3)C[C@@H]21. The van der Waals surface area contributed by atoms with Crippen molar-refractivity contribution in [2.75, 3.05) is 40.4 Å². The quantitative estimate of drug-likeness (QED) is 0.845. The molecule has 0 N–H and O–H groups in total. The van der Waals surface area contributed by atoms with E-state index in [9.17, 15) is 0 Å². The molecule has 3 rings (SSSR count). The van der Waals surface area contributed by atoms with Crippen LogP contribution in [0.15, 0.2) is 24.3 Å². The standard InChI is InChI=1S/C17H23N3O/c1-19(2)17-12-21-11-15-9-20(10-16(15)17)8-14-5-3-4-13(6-14)7-18/h3-6,15-17H,8-12H2,1-2H3/t15-,16-,17+/m0/s1. The first-order chi connectivity index (χ1) is 10.2. The van der Waals surface area contributed by atoms with Gasteiger partial charge in [-0.2, -0.15) is 5.26 Å². The molecule has 21 heavy (non-hydrogen) atoms. The van der Waals surface area contributed by atoms with Crippen LogP contribution >= 0.6 is 0 Å². The van der Waals surface area contributed by atoms with Gasteiger partial charge in [0.05, 0.1) is 24.8 Å². The summed E-state index contributed by atoms with van der Waals surface area (Å²) < 4.78 is 5.78. The Morgan fingerprint density at radius 2 is 2.19 bits per heavy atom. The van der Waals surface area contributed by atoms with Gasteiger partial charge in [0, 0.05) is 31.6 Å². The molecule has 0 spiro atoms. The minimum atomic E-state index is 0.527. The monoisotopic (exact) mass is 285 g/mol. The average Bonchev–Trinajstić information content (AvgIpc) is 2.89. The van der Waals surface area contributed by atoms with Crippen molar-refractivity contribution in [3.05, 3.63) is 35.4 Å². The van der Waals surface area contributed by atoms with Gasteiger partial charge in [-0.05, 0) is 37.7 Å². The largest absolute Gasteiger partial charge is 0.379 e. The van der Waals surface area contributed by atoms with Gasteiger partial charge in [0.2, 0.25) is 0 Å². The molecule has 2 aliphatic rings. The van der Waals surface area contributed by atoms with Crippen LogP contribution in [0.25, 0.3) is 0 Å². The van der Waals surface area contributed by atoms with E-state index in [0.29, 0.717) is 17.9 Å². The lowest BCUT2D eigenvalue weighted by atomic mass is 9.87. The third-order valence-corrected chi connectivity index (χ3v) is 4.81. The maximum Gasteiger partial charge on any atom is 0.0991 e. The van der Waals surface area contributed by atoms with Crippen LogP contribution in [-0.4, -0.2) is 56.2 Å². The van der Waals surface area contributed by atoms with Crippen LogP contribution in [0.3, 0.4) is 0 Å². The number of hydrogen-bond donors (Lipinski definition) is 0. The topological polar surface area (TPSA) is 39.5 Å². The van der Waals surface area contributed by atoms with Gasteiger partial charge in [0.25, 0.3) is 0 Å². The van der Waals surface area contributed by atoms with Gasteiger partial charge in [-0.25, -0.2) is 0 Å². The molecule has 0 amide bonds. The molecule has 2 fully saturated rings. The van der Waals surface area contributed by atoms with Crippen LogP contribution < -0.4 is 0 Å². The minimum absolute atomic E-state index is 0.527. The fourth-order valence-corrected chi connectivity index (χ4v) is 3.72. The summed E-state index contributed by atoms with van der Waals surface area (Å²) in [6, 6.07) is 10.7. The number of nitriles is 1. The number of rotatable bonds is 3. The summed E-state index contributed by atoms with van der Waals surface area (Å²) in [4.78, 5) is 4.81. The molecule has 1 aromatic rings. The molecule has 3 atom stereocenters. The van der Waals surface area contributed by atoms with Crippen molar-refractivity contribution in [2.45, 2.75) is 12.6 Å². The number of fused-ring (bicyclic) bond motifs is 1. The van der Waals surface area contributed by atoms with Crippen LogP contribution in [0.1, 0.15) is 11.1 Å². The highest BCUT2D eigenvalue weighted by atomic mass is 16.5. The predicted molar refractivity (Wildman–Crippen MR) is 81.7 cm³/mol. The molecular weight excluding hydrogens is 262 g/mol. The Kier molecular flexibility index (Phi) is 4.25. The molecule has 1 aromatic carbocycles. The predicted octanol–water partition coefficient (Wildman–Crippen LogP) is 1.57. The van der Waals surface area contributed by atoms with Crippen molar-refractivity contribution in [3.8, 4) is 6.07 Å². The smallest absolute Gasteiger partial charge is 0.0991 e. The van der Waals surface area contributed by atoms with Gasteiger partial charge in [0.1, 0.15) is 0 Å². The highest BCUT2D eigenvalue weighted by Gasteiger charge is 2.41. The molecule has 0 bridgehead atoms. The Bertz CT molecular complexity index is 537. The average molecular weight is 285 g/mol. The Labute approximate surface area is 126 Å². The second kappa shape index (κ2) is 6.15. The molecule has 4 nitrogen and oxygen atoms in total. The first-order valence-corrected chi connectivity index (χ1v) is 7.63. The summed E-state index contributed by atoms with van der Waals surface area (Å²) in [5, 5.41) is 9.00. The maximum absolute atomic E-state index is 9.00. The zero-order valence-corrected chi connectivity index (χ0v) is 12.8. The highest BCUT2D eigenvalue weighted by Crippen LogP contribution is 2.32. The molecule has 0 aliphatic carbocycles. The highest BCUT2D eigenvalue weighted by molar-refractivity contribution is 5.32. The molecule has 2 heterocycles. The number of ether oxygens (including phenoxy) is 1. The third kappa shape index (κ3) is 3.11. The lowest BCUT2D eigenvalue weighted by molar-refractivity contribution is -0.0229. The van der Waals surface area contributed by atoms with Crippen LogP contribution in [0, 0.1) is 23.2 Å². The van der Waals surface area contributed by atoms with Crippen molar-refractivity contribution < 1.29 is 4.74 Å². The number of likely N-dealkylation sites (tertiary alicyclic amines) is 1. The Morgan fingerprint density at radius 1 is 1.33 bits per heavy atom. The summed E-state index contributed by atoms with van der Waals surface area (Å²) in [6.45, 7) is 4.91. The number of likely N-dealkylation sites (N-methyl/N-ethyl adjacent to an activating group) is 1. The molecule has 0 unspecified atom stereocenters. The second-order valence-electron chi connectivity index (χ2n) is 6.50. The maximum atomic E-state index is 9.00. The van der Waals surface area contributed by atoms with Crippen LogP contribution in [0.2, 0.25) is 0 Å². The van der Waals surface area contributed by atoms with E-state index in [0.717, 1.165) is 38.4 Å². The fourth-order valence-electron chi connectivity index (χ4n) is 3.72.